The normalized spacial score (nSPS) is 10.8. The minimum Gasteiger partial charge on any atom is -0.431 e. The molecular weight excluding hydrogens is 204 g/mol. The second kappa shape index (κ2) is 4.71. The maximum Gasteiger partial charge on any atom is 0.400 e. The van der Waals surface area contributed by atoms with Gasteiger partial charge in [0.05, 0.1) is 18.6 Å². The first kappa shape index (κ1) is 11.4. The minimum absolute atomic E-state index is 0.0371. The van der Waals surface area contributed by atoms with Crippen LogP contribution in [0.3, 0.4) is 0 Å². The highest BCUT2D eigenvalue weighted by molar-refractivity contribution is 5.42. The van der Waals surface area contributed by atoms with Crippen LogP contribution in [0, 0.1) is 11.3 Å². The number of halogens is 2. The molecule has 0 heterocycles. The summed E-state index contributed by atoms with van der Waals surface area (Å²) in [5.74, 6) is -0.182. The SMILES string of the molecule is N#Cc1ccccc1OC(F)(F)CCO. The third kappa shape index (κ3) is 3.18. The number of aliphatic hydroxyl groups is 1. The van der Waals surface area contributed by atoms with E-state index < -0.39 is 19.1 Å². The van der Waals surface area contributed by atoms with Gasteiger partial charge in [0.1, 0.15) is 11.8 Å². The third-order valence-electron chi connectivity index (χ3n) is 1.67. The fraction of sp³-hybridized carbons (Fsp3) is 0.300. The quantitative estimate of drug-likeness (QED) is 0.831. The molecule has 0 saturated heterocycles. The van der Waals surface area contributed by atoms with Crippen molar-refractivity contribution in [3.8, 4) is 11.8 Å². The number of para-hydroxylation sites is 1. The van der Waals surface area contributed by atoms with Crippen LogP contribution in [-0.4, -0.2) is 17.8 Å². The molecule has 80 valence electrons. The maximum atomic E-state index is 12.9. The van der Waals surface area contributed by atoms with Gasteiger partial charge in [-0.25, -0.2) is 0 Å². The van der Waals surface area contributed by atoms with Gasteiger partial charge in [-0.2, -0.15) is 14.0 Å². The Kier molecular flexibility index (Phi) is 3.58. The van der Waals surface area contributed by atoms with E-state index in [0.717, 1.165) is 0 Å². The molecule has 1 aromatic carbocycles. The number of rotatable bonds is 4. The molecule has 0 aliphatic carbocycles. The molecule has 0 amide bonds. The smallest absolute Gasteiger partial charge is 0.400 e. The van der Waals surface area contributed by atoms with Crippen LogP contribution in [0.4, 0.5) is 8.78 Å². The summed E-state index contributed by atoms with van der Waals surface area (Å²) in [5.41, 5.74) is 0.0371. The molecular formula is C10H9F2NO2. The predicted molar refractivity (Wildman–Crippen MR) is 48.4 cm³/mol. The molecule has 0 saturated carbocycles. The number of hydrogen-bond acceptors (Lipinski definition) is 3. The molecule has 0 spiro atoms. The van der Waals surface area contributed by atoms with Crippen LogP contribution < -0.4 is 4.74 Å². The average Bonchev–Trinajstić information content (AvgIpc) is 2.17. The highest BCUT2D eigenvalue weighted by Crippen LogP contribution is 2.26. The highest BCUT2D eigenvalue weighted by Gasteiger charge is 2.31. The topological polar surface area (TPSA) is 53.2 Å². The first-order valence-electron chi connectivity index (χ1n) is 4.26. The van der Waals surface area contributed by atoms with Crippen molar-refractivity contribution in [3.05, 3.63) is 29.8 Å². The summed E-state index contributed by atoms with van der Waals surface area (Å²) < 4.78 is 30.2. The summed E-state index contributed by atoms with van der Waals surface area (Å²) in [5, 5.41) is 17.0. The zero-order valence-corrected chi connectivity index (χ0v) is 7.78. The lowest BCUT2D eigenvalue weighted by atomic mass is 10.2. The zero-order valence-electron chi connectivity index (χ0n) is 7.78. The predicted octanol–water partition coefficient (Wildman–Crippen LogP) is 1.91. The summed E-state index contributed by atoms with van der Waals surface area (Å²) in [6, 6.07) is 7.44. The molecule has 0 aliphatic heterocycles. The van der Waals surface area contributed by atoms with Gasteiger partial charge >= 0.3 is 6.11 Å². The summed E-state index contributed by atoms with van der Waals surface area (Å²) in [7, 11) is 0. The summed E-state index contributed by atoms with van der Waals surface area (Å²) in [4.78, 5) is 0. The number of nitriles is 1. The van der Waals surface area contributed by atoms with Gasteiger partial charge in [0.2, 0.25) is 0 Å². The Bertz CT molecular complexity index is 374. The van der Waals surface area contributed by atoms with Crippen molar-refractivity contribution in [2.75, 3.05) is 6.61 Å². The van der Waals surface area contributed by atoms with Crippen LogP contribution in [0.2, 0.25) is 0 Å². The largest absolute Gasteiger partial charge is 0.431 e. The Hall–Kier alpha value is -1.67. The van der Waals surface area contributed by atoms with E-state index in [1.165, 1.54) is 18.2 Å². The third-order valence-corrected chi connectivity index (χ3v) is 1.67. The van der Waals surface area contributed by atoms with E-state index in [0.29, 0.717) is 0 Å². The molecule has 0 fully saturated rings. The van der Waals surface area contributed by atoms with E-state index >= 15 is 0 Å². The van der Waals surface area contributed by atoms with E-state index in [-0.39, 0.29) is 11.3 Å². The van der Waals surface area contributed by atoms with Crippen molar-refractivity contribution in [1.29, 1.82) is 5.26 Å². The zero-order chi connectivity index (χ0) is 11.3. The van der Waals surface area contributed by atoms with Gasteiger partial charge in [0.15, 0.2) is 0 Å². The molecule has 5 heteroatoms. The molecule has 1 aromatic rings. The Balaban J connectivity index is 2.85. The molecule has 0 atom stereocenters. The van der Waals surface area contributed by atoms with Crippen LogP contribution in [0.5, 0.6) is 5.75 Å². The number of benzene rings is 1. The second-order valence-electron chi connectivity index (χ2n) is 2.82. The minimum atomic E-state index is -3.46. The fourth-order valence-electron chi connectivity index (χ4n) is 0.990. The molecule has 3 nitrogen and oxygen atoms in total. The molecule has 15 heavy (non-hydrogen) atoms. The standard InChI is InChI=1S/C10H9F2NO2/c11-10(12,5-6-14)15-9-4-2-1-3-8(9)7-13/h1-4,14H,5-6H2. The average molecular weight is 213 g/mol. The Morgan fingerprint density at radius 3 is 2.67 bits per heavy atom. The van der Waals surface area contributed by atoms with E-state index in [2.05, 4.69) is 4.74 Å². The van der Waals surface area contributed by atoms with Crippen LogP contribution in [0.15, 0.2) is 24.3 Å². The maximum absolute atomic E-state index is 12.9. The summed E-state index contributed by atoms with van der Waals surface area (Å²) in [6.45, 7) is -0.679. The Labute approximate surface area is 85.5 Å². The number of nitrogens with zero attached hydrogens (tertiary/aromatic N) is 1. The van der Waals surface area contributed by atoms with Gasteiger partial charge in [-0.05, 0) is 12.1 Å². The van der Waals surface area contributed by atoms with Gasteiger partial charge in [0, 0.05) is 0 Å². The van der Waals surface area contributed by atoms with Gasteiger partial charge < -0.3 is 9.84 Å². The lowest BCUT2D eigenvalue weighted by molar-refractivity contribution is -0.185. The van der Waals surface area contributed by atoms with Gasteiger partial charge in [0.25, 0.3) is 0 Å². The first-order valence-corrected chi connectivity index (χ1v) is 4.26. The number of hydrogen-bond donors (Lipinski definition) is 1. The molecule has 1 N–H and O–H groups in total. The first-order chi connectivity index (χ1) is 7.09. The van der Waals surface area contributed by atoms with Gasteiger partial charge in [-0.3, -0.25) is 0 Å². The summed E-state index contributed by atoms with van der Waals surface area (Å²) in [6.07, 6.45) is -4.26. The van der Waals surface area contributed by atoms with Gasteiger partial charge in [-0.15, -0.1) is 0 Å². The van der Waals surface area contributed by atoms with Gasteiger partial charge in [-0.1, -0.05) is 12.1 Å². The second-order valence-corrected chi connectivity index (χ2v) is 2.82. The van der Waals surface area contributed by atoms with E-state index in [1.54, 1.807) is 12.1 Å². The lowest BCUT2D eigenvalue weighted by Crippen LogP contribution is -2.26. The van der Waals surface area contributed by atoms with Crippen LogP contribution in [0.1, 0.15) is 12.0 Å². The summed E-state index contributed by atoms with van der Waals surface area (Å²) >= 11 is 0. The number of alkyl halides is 2. The molecule has 0 unspecified atom stereocenters. The van der Waals surface area contributed by atoms with Crippen molar-refractivity contribution >= 4 is 0 Å². The fourth-order valence-corrected chi connectivity index (χ4v) is 0.990. The van der Waals surface area contributed by atoms with Crippen molar-refractivity contribution < 1.29 is 18.6 Å². The molecule has 0 aromatic heterocycles. The molecule has 0 bridgehead atoms. The van der Waals surface area contributed by atoms with E-state index in [9.17, 15) is 8.78 Å². The monoisotopic (exact) mass is 213 g/mol. The Morgan fingerprint density at radius 1 is 1.40 bits per heavy atom. The number of aliphatic hydroxyl groups excluding tert-OH is 1. The van der Waals surface area contributed by atoms with Crippen LogP contribution in [-0.2, 0) is 0 Å². The van der Waals surface area contributed by atoms with Crippen molar-refractivity contribution in [1.82, 2.24) is 0 Å². The lowest BCUT2D eigenvalue weighted by Gasteiger charge is -2.17. The van der Waals surface area contributed by atoms with Crippen molar-refractivity contribution in [2.24, 2.45) is 0 Å². The van der Waals surface area contributed by atoms with Crippen LogP contribution in [0.25, 0.3) is 0 Å². The molecule has 0 radical (unpaired) electrons. The van der Waals surface area contributed by atoms with E-state index in [4.69, 9.17) is 10.4 Å². The highest BCUT2D eigenvalue weighted by atomic mass is 19.3. The Morgan fingerprint density at radius 2 is 2.07 bits per heavy atom. The molecule has 1 rings (SSSR count). The van der Waals surface area contributed by atoms with Crippen molar-refractivity contribution in [2.45, 2.75) is 12.5 Å². The van der Waals surface area contributed by atoms with Crippen LogP contribution >= 0.6 is 0 Å². The van der Waals surface area contributed by atoms with E-state index in [1.807, 2.05) is 0 Å². The number of ether oxygens (including phenoxy) is 1. The van der Waals surface area contributed by atoms with Crippen molar-refractivity contribution in [3.63, 3.8) is 0 Å². The molecule has 0 aliphatic rings.